The van der Waals surface area contributed by atoms with E-state index in [1.807, 2.05) is 0 Å². The first-order valence-electron chi connectivity index (χ1n) is 11.1. The second kappa shape index (κ2) is 6.27. The molecule has 4 saturated carbocycles. The van der Waals surface area contributed by atoms with Gasteiger partial charge in [-0.3, -0.25) is 4.79 Å². The summed E-state index contributed by atoms with van der Waals surface area (Å²) in [5.41, 5.74) is 6.63. The van der Waals surface area contributed by atoms with Crippen molar-refractivity contribution in [3.63, 3.8) is 0 Å². The average Bonchev–Trinajstić information content (AvgIpc) is 2.91. The number of fused-ring (bicyclic) bond motifs is 5. The Hall–Kier alpha value is -0.530. The van der Waals surface area contributed by atoms with E-state index in [-0.39, 0.29) is 5.91 Å². The molecule has 4 aliphatic carbocycles. The number of rotatable bonds is 3. The van der Waals surface area contributed by atoms with Crippen molar-refractivity contribution in [3.8, 4) is 0 Å². The summed E-state index contributed by atoms with van der Waals surface area (Å²) < 4.78 is 0. The fourth-order valence-electron chi connectivity index (χ4n) is 8.73. The Morgan fingerprint density at radius 3 is 2.48 bits per heavy atom. The van der Waals surface area contributed by atoms with Gasteiger partial charge in [-0.2, -0.15) is 0 Å². The molecule has 7 unspecified atom stereocenters. The van der Waals surface area contributed by atoms with E-state index in [9.17, 15) is 4.79 Å². The third-order valence-electron chi connectivity index (χ3n) is 9.87. The number of carbonyl (C=O) groups excluding carboxylic acids is 1. The second-order valence-electron chi connectivity index (χ2n) is 10.8. The zero-order valence-electron chi connectivity index (χ0n) is 16.7. The first kappa shape index (κ1) is 17.9. The molecule has 0 aliphatic heterocycles. The van der Waals surface area contributed by atoms with Crippen LogP contribution in [0.25, 0.3) is 0 Å². The van der Waals surface area contributed by atoms with Gasteiger partial charge in [-0.15, -0.1) is 0 Å². The SMILES string of the molecule is C[C@H](CC(N)=O)C1CCC2C3CCC4CCCCC4(C)C3CCC21C. The number of hydrogen-bond acceptors (Lipinski definition) is 1. The van der Waals surface area contributed by atoms with Crippen molar-refractivity contribution in [1.82, 2.24) is 0 Å². The summed E-state index contributed by atoms with van der Waals surface area (Å²) in [6.45, 7) is 7.53. The van der Waals surface area contributed by atoms with E-state index in [1.165, 1.54) is 64.2 Å². The summed E-state index contributed by atoms with van der Waals surface area (Å²) in [5, 5.41) is 0. The highest BCUT2D eigenvalue weighted by atomic mass is 16.1. The molecule has 2 heteroatoms. The third kappa shape index (κ3) is 2.69. The van der Waals surface area contributed by atoms with Gasteiger partial charge in [0.2, 0.25) is 5.91 Å². The minimum atomic E-state index is -0.108. The zero-order valence-corrected chi connectivity index (χ0v) is 16.7. The van der Waals surface area contributed by atoms with E-state index < -0.39 is 0 Å². The molecular formula is C23H39NO. The number of primary amides is 1. The summed E-state index contributed by atoms with van der Waals surface area (Å²) in [7, 11) is 0. The normalized spacial score (nSPS) is 50.4. The highest BCUT2D eigenvalue weighted by molar-refractivity contribution is 5.74. The molecule has 2 nitrogen and oxygen atoms in total. The van der Waals surface area contributed by atoms with Gasteiger partial charge >= 0.3 is 0 Å². The lowest BCUT2D eigenvalue weighted by Crippen LogP contribution is -2.53. The lowest BCUT2D eigenvalue weighted by atomic mass is 9.44. The molecule has 8 atom stereocenters. The van der Waals surface area contributed by atoms with Crippen molar-refractivity contribution in [3.05, 3.63) is 0 Å². The molecule has 2 N–H and O–H groups in total. The molecule has 4 fully saturated rings. The van der Waals surface area contributed by atoms with Crippen LogP contribution in [0.4, 0.5) is 0 Å². The largest absolute Gasteiger partial charge is 0.370 e. The van der Waals surface area contributed by atoms with Gasteiger partial charge in [-0.25, -0.2) is 0 Å². The van der Waals surface area contributed by atoms with Crippen LogP contribution in [0, 0.1) is 46.3 Å². The van der Waals surface area contributed by atoms with Gasteiger partial charge in [0.05, 0.1) is 0 Å². The number of nitrogens with two attached hydrogens (primary N) is 1. The van der Waals surface area contributed by atoms with Gasteiger partial charge in [0, 0.05) is 6.42 Å². The number of hydrogen-bond donors (Lipinski definition) is 1. The molecule has 0 heterocycles. The third-order valence-corrected chi connectivity index (χ3v) is 9.87. The maximum Gasteiger partial charge on any atom is 0.217 e. The van der Waals surface area contributed by atoms with Crippen molar-refractivity contribution < 1.29 is 4.79 Å². The van der Waals surface area contributed by atoms with Crippen molar-refractivity contribution in [1.29, 1.82) is 0 Å². The fraction of sp³-hybridized carbons (Fsp3) is 0.957. The number of carbonyl (C=O) groups is 1. The Morgan fingerprint density at radius 2 is 1.72 bits per heavy atom. The molecule has 0 aromatic rings. The van der Waals surface area contributed by atoms with E-state index >= 15 is 0 Å². The molecule has 4 aliphatic rings. The monoisotopic (exact) mass is 345 g/mol. The quantitative estimate of drug-likeness (QED) is 0.716. The first-order valence-corrected chi connectivity index (χ1v) is 11.1. The zero-order chi connectivity index (χ0) is 17.8. The molecule has 0 saturated heterocycles. The molecule has 0 spiro atoms. The van der Waals surface area contributed by atoms with Crippen LogP contribution < -0.4 is 5.73 Å². The molecule has 142 valence electrons. The average molecular weight is 346 g/mol. The van der Waals surface area contributed by atoms with Gasteiger partial charge in [0.25, 0.3) is 0 Å². The molecule has 25 heavy (non-hydrogen) atoms. The van der Waals surface area contributed by atoms with Crippen molar-refractivity contribution in [2.24, 2.45) is 52.1 Å². The van der Waals surface area contributed by atoms with Crippen molar-refractivity contribution in [2.75, 3.05) is 0 Å². The Labute approximate surface area is 154 Å². The maximum atomic E-state index is 11.5. The summed E-state index contributed by atoms with van der Waals surface area (Å²) >= 11 is 0. The predicted molar refractivity (Wildman–Crippen MR) is 103 cm³/mol. The van der Waals surface area contributed by atoms with Crippen LogP contribution in [0.3, 0.4) is 0 Å². The molecule has 0 bridgehead atoms. The summed E-state index contributed by atoms with van der Waals surface area (Å²) in [6.07, 6.45) is 15.1. The number of amides is 1. The lowest BCUT2D eigenvalue weighted by molar-refractivity contribution is -0.122. The van der Waals surface area contributed by atoms with E-state index in [1.54, 1.807) is 0 Å². The van der Waals surface area contributed by atoms with E-state index in [2.05, 4.69) is 20.8 Å². The van der Waals surface area contributed by atoms with Gasteiger partial charge in [-0.1, -0.05) is 33.6 Å². The van der Waals surface area contributed by atoms with Crippen LogP contribution in [0.5, 0.6) is 0 Å². The van der Waals surface area contributed by atoms with Gasteiger partial charge in [-0.05, 0) is 97.7 Å². The molecule has 0 aromatic heterocycles. The lowest BCUT2D eigenvalue weighted by Gasteiger charge is -2.60. The van der Waals surface area contributed by atoms with Crippen LogP contribution in [-0.2, 0) is 4.79 Å². The van der Waals surface area contributed by atoms with Crippen molar-refractivity contribution in [2.45, 2.75) is 91.4 Å². The fourth-order valence-corrected chi connectivity index (χ4v) is 8.73. The van der Waals surface area contributed by atoms with Crippen molar-refractivity contribution >= 4 is 5.91 Å². The van der Waals surface area contributed by atoms with Crippen LogP contribution in [0.15, 0.2) is 0 Å². The highest BCUT2D eigenvalue weighted by Crippen LogP contribution is 2.68. The standard InChI is InChI=1S/C23H39NO/c1-15(14-21(24)25)18-9-10-19-17-8-7-16-6-4-5-12-22(16,2)20(17)11-13-23(18,19)3/h15-20H,4-14H2,1-3H3,(H2,24,25)/t15-,16?,17?,18?,19?,20?,22?,23?/m1/s1. The topological polar surface area (TPSA) is 43.1 Å². The Bertz CT molecular complexity index is 530. The van der Waals surface area contributed by atoms with Crippen LogP contribution in [-0.4, -0.2) is 5.91 Å². The molecule has 1 amide bonds. The van der Waals surface area contributed by atoms with E-state index in [4.69, 9.17) is 5.73 Å². The van der Waals surface area contributed by atoms with Gasteiger partial charge < -0.3 is 5.73 Å². The molecule has 4 rings (SSSR count). The van der Waals surface area contributed by atoms with E-state index in [0.29, 0.717) is 29.1 Å². The maximum absolute atomic E-state index is 11.5. The Balaban J connectivity index is 1.56. The molecular weight excluding hydrogens is 306 g/mol. The minimum absolute atomic E-state index is 0.108. The van der Waals surface area contributed by atoms with Crippen LogP contribution in [0.1, 0.15) is 91.4 Å². The second-order valence-corrected chi connectivity index (χ2v) is 10.8. The van der Waals surface area contributed by atoms with Crippen LogP contribution in [0.2, 0.25) is 0 Å². The van der Waals surface area contributed by atoms with Crippen LogP contribution >= 0.6 is 0 Å². The summed E-state index contributed by atoms with van der Waals surface area (Å²) in [6, 6.07) is 0. The summed E-state index contributed by atoms with van der Waals surface area (Å²) in [4.78, 5) is 11.5. The first-order chi connectivity index (χ1) is 11.9. The molecule has 0 radical (unpaired) electrons. The highest BCUT2D eigenvalue weighted by Gasteiger charge is 2.60. The van der Waals surface area contributed by atoms with Gasteiger partial charge in [0.15, 0.2) is 0 Å². The smallest absolute Gasteiger partial charge is 0.217 e. The van der Waals surface area contributed by atoms with E-state index in [0.717, 1.165) is 23.7 Å². The summed E-state index contributed by atoms with van der Waals surface area (Å²) in [5.74, 6) is 4.93. The Kier molecular flexibility index (Phi) is 4.48. The minimum Gasteiger partial charge on any atom is -0.370 e. The van der Waals surface area contributed by atoms with Gasteiger partial charge in [0.1, 0.15) is 0 Å². The Morgan fingerprint density at radius 1 is 0.960 bits per heavy atom. The molecule has 0 aromatic carbocycles. The predicted octanol–water partition coefficient (Wildman–Crippen LogP) is 5.55.